The van der Waals surface area contributed by atoms with Gasteiger partial charge in [0.15, 0.2) is 0 Å². The number of aliphatic hydroxyl groups excluding tert-OH is 4. The first-order valence-electron chi connectivity index (χ1n) is 4.50. The number of carboxylic acid groups (broad SMARTS) is 2. The summed E-state index contributed by atoms with van der Waals surface area (Å²) in [6.45, 7) is 0.319. The van der Waals surface area contributed by atoms with Crippen molar-refractivity contribution in [3.05, 3.63) is 0 Å². The average molecular weight is 399 g/mol. The van der Waals surface area contributed by atoms with E-state index in [9.17, 15) is 0 Å². The predicted octanol–water partition coefficient (Wildman–Crippen LogP) is -10.8. The Bertz CT molecular complexity index is 177. The molecule has 0 rings (SSSR count). The molecule has 23 heavy (non-hydrogen) atoms. The van der Waals surface area contributed by atoms with E-state index in [4.69, 9.17) is 40.2 Å². The first-order chi connectivity index (χ1) is 7.71. The van der Waals surface area contributed by atoms with Crippen LogP contribution in [0.2, 0.25) is 0 Å². The van der Waals surface area contributed by atoms with Crippen molar-refractivity contribution in [1.29, 1.82) is 0 Å². The molecule has 12 nitrogen and oxygen atoms in total. The molecule has 12 N–H and O–H groups in total. The Morgan fingerprint density at radius 3 is 0.826 bits per heavy atom. The molecule has 0 aromatic carbocycles. The van der Waals surface area contributed by atoms with Gasteiger partial charge >= 0.3 is 38.3 Å². The van der Waals surface area contributed by atoms with E-state index in [-0.39, 0.29) is 60.2 Å². The standard InChI is InChI=1S/C5H12O4.2C2H4O2.Li.4H2O.Zn/c6-1-5(2-7,3-8)4-9;2*1-2(3)4;;;;;;/h6-9H,1-4H2;2*1H3,(H,3,4);;4*1H2;/q;;;+1;;;;;+2/p-2. The predicted molar refractivity (Wildman–Crippen MR) is 66.6 cm³/mol. The Labute approximate surface area is 158 Å². The number of rotatable bonds is 4. The van der Waals surface area contributed by atoms with Gasteiger partial charge in [0, 0.05) is 11.9 Å². The second-order valence-corrected chi connectivity index (χ2v) is 3.12. The largest absolute Gasteiger partial charge is 2.00 e. The molecule has 0 radical (unpaired) electrons. The number of hydrogen-bond donors (Lipinski definition) is 4. The molecule has 0 unspecified atom stereocenters. The van der Waals surface area contributed by atoms with Gasteiger partial charge in [0.1, 0.15) is 0 Å². The van der Waals surface area contributed by atoms with Gasteiger partial charge < -0.3 is 62.1 Å². The normalized spacial score (nSPS) is 6.87. The fraction of sp³-hybridized carbons (Fsp3) is 0.778. The van der Waals surface area contributed by atoms with Crippen LogP contribution in [-0.4, -0.2) is 80.7 Å². The molecule has 0 aromatic heterocycles. The van der Waals surface area contributed by atoms with Gasteiger partial charge in [-0.3, -0.25) is 0 Å². The Kier molecular flexibility index (Phi) is 93.5. The van der Waals surface area contributed by atoms with Crippen molar-refractivity contribution in [2.24, 2.45) is 5.41 Å². The van der Waals surface area contributed by atoms with Crippen LogP contribution >= 0.6 is 0 Å². The van der Waals surface area contributed by atoms with Gasteiger partial charge in [0.25, 0.3) is 0 Å². The van der Waals surface area contributed by atoms with Crippen LogP contribution < -0.4 is 29.1 Å². The smallest absolute Gasteiger partial charge is 0.550 e. The summed E-state index contributed by atoms with van der Waals surface area (Å²) in [5, 5.41) is 51.8. The van der Waals surface area contributed by atoms with Crippen LogP contribution in [-0.2, 0) is 29.1 Å². The molecule has 0 fully saturated rings. The first kappa shape index (κ1) is 56.9. The van der Waals surface area contributed by atoms with Crippen molar-refractivity contribution >= 4 is 11.9 Å². The Hall–Kier alpha value is -0.159. The fourth-order valence-corrected chi connectivity index (χ4v) is 0.300. The van der Waals surface area contributed by atoms with Crippen molar-refractivity contribution in [2.75, 3.05) is 26.4 Å². The molecule has 0 amide bonds. The molecule has 0 saturated carbocycles. The van der Waals surface area contributed by atoms with E-state index in [0.717, 1.165) is 13.8 Å². The van der Waals surface area contributed by atoms with Crippen LogP contribution in [0.15, 0.2) is 0 Å². The third-order valence-electron chi connectivity index (χ3n) is 1.34. The summed E-state index contributed by atoms with van der Waals surface area (Å²) in [5.74, 6) is -2.17. The minimum atomic E-state index is -1.11. The summed E-state index contributed by atoms with van der Waals surface area (Å²) >= 11 is 0. The summed E-state index contributed by atoms with van der Waals surface area (Å²) in [6.07, 6.45) is 0. The van der Waals surface area contributed by atoms with E-state index in [1.54, 1.807) is 0 Å². The molecule has 0 heterocycles. The van der Waals surface area contributed by atoms with Gasteiger partial charge in [0.2, 0.25) is 0 Å². The summed E-state index contributed by atoms with van der Waals surface area (Å²) in [6, 6.07) is 0. The minimum absolute atomic E-state index is 0. The van der Waals surface area contributed by atoms with Gasteiger partial charge in [0.05, 0.1) is 31.8 Å². The Balaban J connectivity index is -0.0000000177. The summed E-state index contributed by atoms with van der Waals surface area (Å²) in [5.41, 5.74) is -1.11. The number of aliphatic hydroxyl groups is 4. The maximum absolute atomic E-state index is 8.89. The molecule has 136 valence electrons. The Morgan fingerprint density at radius 1 is 0.739 bits per heavy atom. The van der Waals surface area contributed by atoms with Crippen molar-refractivity contribution in [3.8, 4) is 0 Å². The fourth-order valence-electron chi connectivity index (χ4n) is 0.300. The molecular formula is C9H26LiO12Zn+. The van der Waals surface area contributed by atoms with Gasteiger partial charge in [-0.1, -0.05) is 0 Å². The molecule has 0 atom stereocenters. The molecule has 0 aliphatic heterocycles. The maximum Gasteiger partial charge on any atom is 2.00 e. The minimum Gasteiger partial charge on any atom is -0.550 e. The molecular weight excluding hydrogens is 372 g/mol. The zero-order valence-electron chi connectivity index (χ0n) is 13.5. The molecule has 0 bridgehead atoms. The van der Waals surface area contributed by atoms with Crippen LogP contribution in [0.4, 0.5) is 0 Å². The van der Waals surface area contributed by atoms with Gasteiger partial charge in [-0.25, -0.2) is 0 Å². The second kappa shape index (κ2) is 37.8. The SMILES string of the molecule is CC(=O)[O-].CC(=O)[O-].O.O.O.O.OCC(CO)(CO)CO.[Li+].[Zn+2]. The summed E-state index contributed by atoms with van der Waals surface area (Å²) in [7, 11) is 0. The second-order valence-electron chi connectivity index (χ2n) is 3.12. The monoisotopic (exact) mass is 397 g/mol. The van der Waals surface area contributed by atoms with Crippen molar-refractivity contribution in [2.45, 2.75) is 13.8 Å². The number of hydrogen-bond acceptors (Lipinski definition) is 8. The molecule has 0 saturated heterocycles. The van der Waals surface area contributed by atoms with Gasteiger partial charge in [-0.05, 0) is 13.8 Å². The maximum atomic E-state index is 8.89. The quantitative estimate of drug-likeness (QED) is 0.328. The number of carbonyl (C=O) groups excluding carboxylic acids is 2. The van der Waals surface area contributed by atoms with E-state index >= 15 is 0 Å². The van der Waals surface area contributed by atoms with Crippen LogP contribution in [0.5, 0.6) is 0 Å². The van der Waals surface area contributed by atoms with Crippen molar-refractivity contribution < 1.29 is 100 Å². The average Bonchev–Trinajstić information content (AvgIpc) is 2.20. The van der Waals surface area contributed by atoms with E-state index in [2.05, 4.69) is 0 Å². The summed E-state index contributed by atoms with van der Waals surface area (Å²) < 4.78 is 0. The van der Waals surface area contributed by atoms with E-state index in [1.165, 1.54) is 0 Å². The van der Waals surface area contributed by atoms with E-state index in [0.29, 0.717) is 0 Å². The van der Waals surface area contributed by atoms with E-state index in [1.807, 2.05) is 0 Å². The van der Waals surface area contributed by atoms with Gasteiger partial charge in [-0.15, -0.1) is 0 Å². The summed E-state index contributed by atoms with van der Waals surface area (Å²) in [4.78, 5) is 17.8. The van der Waals surface area contributed by atoms with Gasteiger partial charge in [-0.2, -0.15) is 0 Å². The van der Waals surface area contributed by atoms with Crippen molar-refractivity contribution in [3.63, 3.8) is 0 Å². The topological polar surface area (TPSA) is 287 Å². The zero-order chi connectivity index (χ0) is 14.5. The number of aliphatic carboxylic acids is 2. The van der Waals surface area contributed by atoms with Crippen molar-refractivity contribution in [1.82, 2.24) is 0 Å². The van der Waals surface area contributed by atoms with Crippen LogP contribution in [0.25, 0.3) is 0 Å². The third kappa shape index (κ3) is 61.3. The zero-order valence-corrected chi connectivity index (χ0v) is 16.4. The van der Waals surface area contributed by atoms with Crippen LogP contribution in [0, 0.1) is 5.41 Å². The molecule has 14 heteroatoms. The van der Waals surface area contributed by atoms with Crippen LogP contribution in [0.1, 0.15) is 13.8 Å². The number of carboxylic acids is 2. The molecule has 0 aromatic rings. The van der Waals surface area contributed by atoms with Crippen LogP contribution in [0.3, 0.4) is 0 Å². The Morgan fingerprint density at radius 2 is 0.826 bits per heavy atom. The third-order valence-corrected chi connectivity index (χ3v) is 1.34. The van der Waals surface area contributed by atoms with E-state index < -0.39 is 43.8 Å². The number of carbonyl (C=O) groups is 2. The first-order valence-corrected chi connectivity index (χ1v) is 4.50. The molecule has 0 aliphatic carbocycles. The molecule has 0 aliphatic rings. The molecule has 0 spiro atoms.